The van der Waals surface area contributed by atoms with Crippen molar-refractivity contribution < 1.29 is 19.4 Å². The Hall–Kier alpha value is -2.02. The van der Waals surface area contributed by atoms with E-state index in [2.05, 4.69) is 15.3 Å². The second kappa shape index (κ2) is 5.64. The molecule has 1 aliphatic rings. The van der Waals surface area contributed by atoms with Crippen LogP contribution in [0.25, 0.3) is 0 Å². The Kier molecular flexibility index (Phi) is 4.19. The number of carboxylic acid groups (broad SMARTS) is 1. The largest absolute Gasteiger partial charge is 0.479 e. The molecule has 0 aromatic carbocycles. The first-order chi connectivity index (χ1) is 10.2. The fourth-order valence-corrected chi connectivity index (χ4v) is 2.80. The number of aryl methyl sites for hydroxylation is 1. The van der Waals surface area contributed by atoms with E-state index in [0.29, 0.717) is 12.3 Å². The van der Waals surface area contributed by atoms with Gasteiger partial charge in [0.2, 0.25) is 0 Å². The van der Waals surface area contributed by atoms with Crippen LogP contribution in [-0.2, 0) is 9.53 Å². The Morgan fingerprint density at radius 2 is 2.09 bits per heavy atom. The van der Waals surface area contributed by atoms with Crippen LogP contribution in [0.15, 0.2) is 12.4 Å². The van der Waals surface area contributed by atoms with Crippen LogP contribution in [0, 0.1) is 12.3 Å². The topological polar surface area (TPSA) is 101 Å². The normalized spacial score (nSPS) is 26.1. The molecule has 0 radical (unpaired) electrons. The highest BCUT2D eigenvalue weighted by atomic mass is 16.5. The molecule has 1 aliphatic carbocycles. The van der Waals surface area contributed by atoms with Gasteiger partial charge in [0.05, 0.1) is 18.0 Å². The van der Waals surface area contributed by atoms with Gasteiger partial charge in [0.25, 0.3) is 5.91 Å². The first-order valence-corrected chi connectivity index (χ1v) is 7.20. The molecule has 1 heterocycles. The van der Waals surface area contributed by atoms with E-state index in [-0.39, 0.29) is 18.2 Å². The lowest BCUT2D eigenvalue weighted by Crippen LogP contribution is -2.76. The quantitative estimate of drug-likeness (QED) is 0.847. The average molecular weight is 307 g/mol. The smallest absolute Gasteiger partial charge is 0.330 e. The Morgan fingerprint density at radius 1 is 1.41 bits per heavy atom. The minimum absolute atomic E-state index is 0.0990. The maximum absolute atomic E-state index is 12.3. The van der Waals surface area contributed by atoms with Crippen molar-refractivity contribution in [1.82, 2.24) is 15.3 Å². The zero-order valence-electron chi connectivity index (χ0n) is 13.2. The predicted molar refractivity (Wildman–Crippen MR) is 78.4 cm³/mol. The summed E-state index contributed by atoms with van der Waals surface area (Å²) in [5.41, 5.74) is -1.30. The zero-order valence-corrected chi connectivity index (χ0v) is 13.2. The Balaban J connectivity index is 2.22. The second-order valence-corrected chi connectivity index (χ2v) is 6.08. The van der Waals surface area contributed by atoms with Crippen molar-refractivity contribution >= 4 is 11.9 Å². The number of aromatic nitrogens is 2. The number of nitrogens with zero attached hydrogens (tertiary/aromatic N) is 2. The third kappa shape index (κ3) is 2.45. The number of amides is 1. The highest BCUT2D eigenvalue weighted by molar-refractivity contribution is 5.97. The van der Waals surface area contributed by atoms with E-state index in [4.69, 9.17) is 4.74 Å². The van der Waals surface area contributed by atoms with Gasteiger partial charge in [-0.25, -0.2) is 9.78 Å². The van der Waals surface area contributed by atoms with Crippen LogP contribution < -0.4 is 5.32 Å². The first-order valence-electron chi connectivity index (χ1n) is 7.20. The molecule has 120 valence electrons. The number of carboxylic acids is 1. The molecule has 2 atom stereocenters. The zero-order chi connectivity index (χ0) is 16.5. The maximum Gasteiger partial charge on any atom is 0.330 e. The number of aliphatic carboxylic acids is 1. The number of rotatable bonds is 5. The Labute approximate surface area is 129 Å². The third-order valence-electron chi connectivity index (χ3n) is 4.47. The van der Waals surface area contributed by atoms with Gasteiger partial charge >= 0.3 is 5.97 Å². The van der Waals surface area contributed by atoms with Gasteiger partial charge in [-0.1, -0.05) is 13.8 Å². The monoisotopic (exact) mass is 307 g/mol. The molecule has 0 unspecified atom stereocenters. The van der Waals surface area contributed by atoms with Gasteiger partial charge in [-0.05, 0) is 13.8 Å². The van der Waals surface area contributed by atoms with Gasteiger partial charge in [0, 0.05) is 24.6 Å². The van der Waals surface area contributed by atoms with Crippen LogP contribution in [0.5, 0.6) is 0 Å². The number of nitrogens with one attached hydrogen (secondary N) is 1. The Morgan fingerprint density at radius 3 is 2.55 bits per heavy atom. The van der Waals surface area contributed by atoms with Gasteiger partial charge in [0.15, 0.2) is 0 Å². The second-order valence-electron chi connectivity index (χ2n) is 6.08. The molecule has 0 bridgehead atoms. The van der Waals surface area contributed by atoms with Crippen molar-refractivity contribution in [3.63, 3.8) is 0 Å². The summed E-state index contributed by atoms with van der Waals surface area (Å²) >= 11 is 0. The predicted octanol–water partition coefficient (Wildman–Crippen LogP) is 1.17. The number of carbonyl (C=O) groups is 2. The van der Waals surface area contributed by atoms with Crippen LogP contribution in [0.2, 0.25) is 0 Å². The minimum Gasteiger partial charge on any atom is -0.479 e. The average Bonchev–Trinajstić information content (AvgIpc) is 2.46. The molecule has 2 N–H and O–H groups in total. The molecule has 2 rings (SSSR count). The Bertz CT molecular complexity index is 585. The third-order valence-corrected chi connectivity index (χ3v) is 4.47. The summed E-state index contributed by atoms with van der Waals surface area (Å²) in [6.45, 7) is 7.69. The molecule has 1 fully saturated rings. The summed E-state index contributed by atoms with van der Waals surface area (Å²) in [6, 6.07) is 0. The minimum atomic E-state index is -1.36. The van der Waals surface area contributed by atoms with Gasteiger partial charge in [0.1, 0.15) is 11.2 Å². The maximum atomic E-state index is 12.3. The summed E-state index contributed by atoms with van der Waals surface area (Å²) in [5, 5.41) is 12.3. The lowest BCUT2D eigenvalue weighted by Gasteiger charge is -2.58. The summed E-state index contributed by atoms with van der Waals surface area (Å²) in [7, 11) is 0. The fraction of sp³-hybridized carbons (Fsp3) is 0.600. The first kappa shape index (κ1) is 16.4. The number of hydrogen-bond donors (Lipinski definition) is 2. The molecule has 1 saturated carbocycles. The summed E-state index contributed by atoms with van der Waals surface area (Å²) < 4.78 is 5.56. The van der Waals surface area contributed by atoms with Crippen molar-refractivity contribution in [2.24, 2.45) is 5.41 Å². The lowest BCUT2D eigenvalue weighted by atomic mass is 9.54. The van der Waals surface area contributed by atoms with Gasteiger partial charge < -0.3 is 15.2 Å². The lowest BCUT2D eigenvalue weighted by molar-refractivity contribution is -0.190. The molecular formula is C15H21N3O4. The van der Waals surface area contributed by atoms with Gasteiger partial charge in [-0.2, -0.15) is 0 Å². The van der Waals surface area contributed by atoms with Gasteiger partial charge in [-0.15, -0.1) is 0 Å². The molecule has 22 heavy (non-hydrogen) atoms. The van der Waals surface area contributed by atoms with E-state index in [1.807, 2.05) is 6.92 Å². The summed E-state index contributed by atoms with van der Waals surface area (Å²) in [6.07, 6.45) is 2.83. The van der Waals surface area contributed by atoms with Crippen molar-refractivity contribution in [1.29, 1.82) is 0 Å². The van der Waals surface area contributed by atoms with E-state index in [1.54, 1.807) is 20.8 Å². The van der Waals surface area contributed by atoms with Gasteiger partial charge in [-0.3, -0.25) is 9.78 Å². The van der Waals surface area contributed by atoms with Crippen molar-refractivity contribution in [3.8, 4) is 0 Å². The molecule has 1 aromatic heterocycles. The van der Waals surface area contributed by atoms with E-state index in [9.17, 15) is 14.7 Å². The molecular weight excluding hydrogens is 286 g/mol. The summed E-state index contributed by atoms with van der Waals surface area (Å²) in [5.74, 6) is -1.61. The van der Waals surface area contributed by atoms with Crippen LogP contribution in [0.4, 0.5) is 0 Å². The highest BCUT2D eigenvalue weighted by Crippen LogP contribution is 2.51. The van der Waals surface area contributed by atoms with Crippen LogP contribution >= 0.6 is 0 Å². The molecule has 0 saturated heterocycles. The highest BCUT2D eigenvalue weighted by Gasteiger charge is 2.66. The van der Waals surface area contributed by atoms with Crippen molar-refractivity contribution in [2.75, 3.05) is 6.61 Å². The van der Waals surface area contributed by atoms with E-state index in [1.165, 1.54) is 12.4 Å². The van der Waals surface area contributed by atoms with Crippen LogP contribution in [0.3, 0.4) is 0 Å². The SMILES string of the molecule is CCO[C@H]1C[C@@](NC(=O)c2cnc(C)cn2)(C(=O)O)C1(C)C. The number of carbonyl (C=O) groups excluding carboxylic acids is 1. The van der Waals surface area contributed by atoms with Crippen molar-refractivity contribution in [2.45, 2.75) is 45.8 Å². The number of ether oxygens (including phenoxy) is 1. The molecule has 0 spiro atoms. The standard InChI is InChI=1S/C15H21N3O4/c1-5-22-11-6-15(13(20)21,14(11,3)4)18-12(19)10-8-16-9(2)7-17-10/h7-8,11H,5-6H2,1-4H3,(H,18,19)(H,20,21)/t11-,15+/m0/s1. The molecule has 0 aliphatic heterocycles. The van der Waals surface area contributed by atoms with E-state index < -0.39 is 22.8 Å². The molecule has 7 heteroatoms. The fourth-order valence-electron chi connectivity index (χ4n) is 2.80. The number of hydrogen-bond acceptors (Lipinski definition) is 5. The van der Waals surface area contributed by atoms with Crippen molar-refractivity contribution in [3.05, 3.63) is 23.8 Å². The molecule has 1 aromatic rings. The molecule has 1 amide bonds. The van der Waals surface area contributed by atoms with Crippen LogP contribution in [0.1, 0.15) is 43.4 Å². The molecule has 7 nitrogen and oxygen atoms in total. The van der Waals surface area contributed by atoms with E-state index >= 15 is 0 Å². The summed E-state index contributed by atoms with van der Waals surface area (Å²) in [4.78, 5) is 32.1. The van der Waals surface area contributed by atoms with E-state index in [0.717, 1.165) is 0 Å². The van der Waals surface area contributed by atoms with Crippen LogP contribution in [-0.4, -0.2) is 45.2 Å².